The van der Waals surface area contributed by atoms with E-state index in [-0.39, 0.29) is 0 Å². The van der Waals surface area contributed by atoms with Gasteiger partial charge in [0.2, 0.25) is 0 Å². The number of benzene rings is 2. The van der Waals surface area contributed by atoms with Gasteiger partial charge in [-0.1, -0.05) is 35.9 Å². The van der Waals surface area contributed by atoms with E-state index in [2.05, 4.69) is 37.3 Å². The van der Waals surface area contributed by atoms with Crippen molar-refractivity contribution in [2.24, 2.45) is 0 Å². The monoisotopic (exact) mass is 211 g/mol. The number of rotatable bonds is 3. The van der Waals surface area contributed by atoms with Crippen LogP contribution in [-0.2, 0) is 6.42 Å². The second-order valence-electron chi connectivity index (χ2n) is 3.92. The predicted molar refractivity (Wildman–Crippen MR) is 65.8 cm³/mol. The quantitative estimate of drug-likeness (QED) is 0.756. The summed E-state index contributed by atoms with van der Waals surface area (Å²) in [4.78, 5) is 0. The topological polar surface area (TPSA) is 9.23 Å². The van der Waals surface area contributed by atoms with E-state index >= 15 is 0 Å². The van der Waals surface area contributed by atoms with Crippen LogP contribution in [0.3, 0.4) is 0 Å². The highest BCUT2D eigenvalue weighted by molar-refractivity contribution is 5.32. The van der Waals surface area contributed by atoms with Gasteiger partial charge in [0, 0.05) is 0 Å². The maximum Gasteiger partial charge on any atom is 0.118 e. The molecule has 0 aliphatic rings. The summed E-state index contributed by atoms with van der Waals surface area (Å²) in [6, 6.07) is 17.6. The summed E-state index contributed by atoms with van der Waals surface area (Å²) in [5, 5.41) is 0. The molecule has 0 saturated heterocycles. The normalized spacial score (nSPS) is 10.1. The summed E-state index contributed by atoms with van der Waals surface area (Å²) in [6.45, 7) is 2.10. The lowest BCUT2D eigenvalue weighted by molar-refractivity contribution is 0.414. The molecule has 0 aliphatic heterocycles. The molecule has 1 heteroatoms. The fourth-order valence-electron chi connectivity index (χ4n) is 1.71. The van der Waals surface area contributed by atoms with Crippen LogP contribution in [0.2, 0.25) is 0 Å². The van der Waals surface area contributed by atoms with Crippen molar-refractivity contribution in [2.45, 2.75) is 13.3 Å². The maximum absolute atomic E-state index is 5.13. The van der Waals surface area contributed by atoms with Crippen molar-refractivity contribution in [2.75, 3.05) is 7.11 Å². The molecule has 0 unspecified atom stereocenters. The Morgan fingerprint density at radius 1 is 1.12 bits per heavy atom. The van der Waals surface area contributed by atoms with E-state index in [0.717, 1.165) is 12.2 Å². The molecule has 0 aromatic heterocycles. The lowest BCUT2D eigenvalue weighted by Gasteiger charge is -2.04. The van der Waals surface area contributed by atoms with Gasteiger partial charge >= 0.3 is 0 Å². The SMILES string of the molecule is COc1ccc(Cc2[c]ccc(C)c2)cc1. The maximum atomic E-state index is 5.13. The third kappa shape index (κ3) is 2.63. The van der Waals surface area contributed by atoms with Crippen molar-refractivity contribution in [3.8, 4) is 5.75 Å². The number of hydrogen-bond acceptors (Lipinski definition) is 1. The molecule has 0 aliphatic carbocycles. The van der Waals surface area contributed by atoms with Gasteiger partial charge in [-0.15, -0.1) is 0 Å². The second kappa shape index (κ2) is 4.84. The van der Waals surface area contributed by atoms with Gasteiger partial charge in [-0.25, -0.2) is 0 Å². The molecular formula is C15H15O. The Kier molecular flexibility index (Phi) is 3.25. The highest BCUT2D eigenvalue weighted by Gasteiger charge is 1.97. The smallest absolute Gasteiger partial charge is 0.118 e. The van der Waals surface area contributed by atoms with Gasteiger partial charge in [0.15, 0.2) is 0 Å². The number of ether oxygens (including phenoxy) is 1. The van der Waals surface area contributed by atoms with Crippen LogP contribution >= 0.6 is 0 Å². The minimum atomic E-state index is 0.900. The molecule has 2 aromatic carbocycles. The molecule has 0 bridgehead atoms. The fourth-order valence-corrected chi connectivity index (χ4v) is 1.71. The Labute approximate surface area is 96.7 Å². The van der Waals surface area contributed by atoms with E-state index in [1.165, 1.54) is 16.7 Å². The van der Waals surface area contributed by atoms with Crippen LogP contribution in [0.4, 0.5) is 0 Å². The molecule has 2 aromatic rings. The molecule has 0 saturated carbocycles. The summed E-state index contributed by atoms with van der Waals surface area (Å²) in [5.41, 5.74) is 3.79. The van der Waals surface area contributed by atoms with Crippen molar-refractivity contribution >= 4 is 0 Å². The molecule has 0 N–H and O–H groups in total. The minimum Gasteiger partial charge on any atom is -0.497 e. The largest absolute Gasteiger partial charge is 0.497 e. The zero-order chi connectivity index (χ0) is 11.4. The third-order valence-electron chi connectivity index (χ3n) is 2.57. The molecule has 1 nitrogen and oxygen atoms in total. The van der Waals surface area contributed by atoms with Crippen molar-refractivity contribution in [1.82, 2.24) is 0 Å². The van der Waals surface area contributed by atoms with E-state index in [0.29, 0.717) is 0 Å². The first-order chi connectivity index (χ1) is 7.78. The number of hydrogen-bond donors (Lipinski definition) is 0. The minimum absolute atomic E-state index is 0.900. The predicted octanol–water partition coefficient (Wildman–Crippen LogP) is 3.39. The van der Waals surface area contributed by atoms with Gasteiger partial charge in [0.25, 0.3) is 0 Å². The summed E-state index contributed by atoms with van der Waals surface area (Å²) in [6.07, 6.45) is 0.922. The molecule has 16 heavy (non-hydrogen) atoms. The van der Waals surface area contributed by atoms with E-state index in [9.17, 15) is 0 Å². The molecule has 0 spiro atoms. The Morgan fingerprint density at radius 2 is 1.88 bits per heavy atom. The average molecular weight is 211 g/mol. The molecular weight excluding hydrogens is 196 g/mol. The molecule has 0 atom stereocenters. The molecule has 2 rings (SSSR count). The Hall–Kier alpha value is -1.76. The average Bonchev–Trinajstić information content (AvgIpc) is 2.30. The van der Waals surface area contributed by atoms with Gasteiger partial charge in [0.1, 0.15) is 5.75 Å². The molecule has 81 valence electrons. The van der Waals surface area contributed by atoms with Crippen LogP contribution in [0, 0.1) is 13.0 Å². The fraction of sp³-hybridized carbons (Fsp3) is 0.200. The van der Waals surface area contributed by atoms with Crippen LogP contribution < -0.4 is 4.74 Å². The van der Waals surface area contributed by atoms with E-state index in [1.807, 2.05) is 18.2 Å². The Balaban J connectivity index is 2.14. The van der Waals surface area contributed by atoms with Crippen LogP contribution in [0.25, 0.3) is 0 Å². The van der Waals surface area contributed by atoms with Crippen molar-refractivity contribution in [1.29, 1.82) is 0 Å². The summed E-state index contributed by atoms with van der Waals surface area (Å²) < 4.78 is 5.13. The summed E-state index contributed by atoms with van der Waals surface area (Å²) in [7, 11) is 1.68. The zero-order valence-corrected chi connectivity index (χ0v) is 9.66. The van der Waals surface area contributed by atoms with Gasteiger partial charge in [-0.2, -0.15) is 0 Å². The first kappa shape index (κ1) is 10.7. The van der Waals surface area contributed by atoms with E-state index < -0.39 is 0 Å². The lowest BCUT2D eigenvalue weighted by atomic mass is 10.0. The van der Waals surface area contributed by atoms with Gasteiger partial charge < -0.3 is 4.74 Å². The van der Waals surface area contributed by atoms with Crippen LogP contribution in [0.1, 0.15) is 16.7 Å². The first-order valence-electron chi connectivity index (χ1n) is 5.38. The lowest BCUT2D eigenvalue weighted by Crippen LogP contribution is -1.89. The van der Waals surface area contributed by atoms with E-state index in [1.54, 1.807) is 7.11 Å². The summed E-state index contributed by atoms with van der Waals surface area (Å²) >= 11 is 0. The molecule has 0 amide bonds. The third-order valence-corrected chi connectivity index (χ3v) is 2.57. The van der Waals surface area contributed by atoms with Gasteiger partial charge in [-0.05, 0) is 42.7 Å². The van der Waals surface area contributed by atoms with Crippen molar-refractivity contribution < 1.29 is 4.74 Å². The Morgan fingerprint density at radius 3 is 2.50 bits per heavy atom. The van der Waals surface area contributed by atoms with Crippen molar-refractivity contribution in [3.63, 3.8) is 0 Å². The highest BCUT2D eigenvalue weighted by Crippen LogP contribution is 2.15. The standard InChI is InChI=1S/C15H15O/c1-12-4-3-5-14(10-12)11-13-6-8-15(16-2)9-7-13/h3-4,6-10H,11H2,1-2H3. The number of methoxy groups -OCH3 is 1. The number of aryl methyl sites for hydroxylation is 1. The molecule has 0 fully saturated rings. The second-order valence-corrected chi connectivity index (χ2v) is 3.92. The zero-order valence-electron chi connectivity index (χ0n) is 9.66. The highest BCUT2D eigenvalue weighted by atomic mass is 16.5. The molecule has 1 radical (unpaired) electrons. The van der Waals surface area contributed by atoms with E-state index in [4.69, 9.17) is 4.74 Å². The van der Waals surface area contributed by atoms with Crippen molar-refractivity contribution in [3.05, 3.63) is 65.2 Å². The van der Waals surface area contributed by atoms with Crippen LogP contribution in [-0.4, -0.2) is 7.11 Å². The van der Waals surface area contributed by atoms with Crippen LogP contribution in [0.15, 0.2) is 42.5 Å². The van der Waals surface area contributed by atoms with Gasteiger partial charge in [-0.3, -0.25) is 0 Å². The van der Waals surface area contributed by atoms with Gasteiger partial charge in [0.05, 0.1) is 7.11 Å². The molecule has 0 heterocycles. The summed E-state index contributed by atoms with van der Waals surface area (Å²) in [5.74, 6) is 0.900. The first-order valence-corrected chi connectivity index (χ1v) is 5.38. The Bertz CT molecular complexity index is 457. The van der Waals surface area contributed by atoms with Crippen LogP contribution in [0.5, 0.6) is 5.75 Å².